The maximum atomic E-state index is 14.8. The molecule has 6 aromatic carbocycles. The molecule has 0 atom stereocenters. The largest absolute Gasteiger partial charge is 0.376 e. The van der Waals surface area contributed by atoms with Crippen LogP contribution in [0.15, 0.2) is 121 Å². The Morgan fingerprint density at radius 2 is 0.689 bits per heavy atom. The number of carbonyl (C=O) groups excluding carboxylic acids is 6. The van der Waals surface area contributed by atoms with E-state index in [-0.39, 0.29) is 102 Å². The van der Waals surface area contributed by atoms with Crippen LogP contribution in [0.4, 0.5) is 22.7 Å². The zero-order chi connectivity index (χ0) is 53.3. The Labute approximate surface area is 436 Å². The van der Waals surface area contributed by atoms with Crippen LogP contribution in [0.5, 0.6) is 0 Å². The first kappa shape index (κ1) is 52.9. The van der Waals surface area contributed by atoms with E-state index >= 15 is 0 Å². The van der Waals surface area contributed by atoms with Crippen LogP contribution in [0.2, 0.25) is 0 Å². The summed E-state index contributed by atoms with van der Waals surface area (Å²) >= 11 is 0. The third-order valence-electron chi connectivity index (χ3n) is 16.0. The third kappa shape index (κ3) is 10.9. The highest BCUT2D eigenvalue weighted by Crippen LogP contribution is 2.44. The number of benzene rings is 6. The molecule has 0 saturated heterocycles. The Balaban J connectivity index is 1.07. The summed E-state index contributed by atoms with van der Waals surface area (Å²) in [5.74, 6) is -2.81. The van der Waals surface area contributed by atoms with E-state index in [9.17, 15) is 28.8 Å². The summed E-state index contributed by atoms with van der Waals surface area (Å²) < 4.78 is 0. The molecule has 74 heavy (non-hydrogen) atoms. The smallest absolute Gasteiger partial charge is 0.243 e. The minimum absolute atomic E-state index is 0.0125. The molecule has 0 radical (unpaired) electrons. The Bertz CT molecular complexity index is 2980. The topological polar surface area (TPSA) is 151 Å². The van der Waals surface area contributed by atoms with E-state index in [1.54, 1.807) is 72.8 Å². The molecule has 0 spiro atoms. The van der Waals surface area contributed by atoms with Gasteiger partial charge in [-0.3, -0.25) is 28.8 Å². The molecule has 8 rings (SSSR count). The van der Waals surface area contributed by atoms with E-state index in [1.807, 2.05) is 24.3 Å². The minimum Gasteiger partial charge on any atom is -0.376 e. The molecular formula is C64H70N4O6. The zero-order valence-electron chi connectivity index (χ0n) is 44.7. The second kappa shape index (κ2) is 20.8. The number of amides is 2. The number of hydrogen-bond donors (Lipinski definition) is 4. The van der Waals surface area contributed by atoms with Gasteiger partial charge in [-0.05, 0) is 106 Å². The third-order valence-corrected chi connectivity index (χ3v) is 16.0. The van der Waals surface area contributed by atoms with Crippen molar-refractivity contribution in [2.75, 3.05) is 34.4 Å². The van der Waals surface area contributed by atoms with Crippen LogP contribution < -0.4 is 21.3 Å². The lowest BCUT2D eigenvalue weighted by molar-refractivity contribution is -0.115. The number of fused-ring (bicyclic) bond motifs is 4. The van der Waals surface area contributed by atoms with Crippen LogP contribution in [0.25, 0.3) is 11.1 Å². The quantitative estimate of drug-likeness (QED) is 0.0625. The SMILES string of the molecule is CCC(C)(C)CCC(C)(C)c1ccc(NCC(=O)Nc2ccc(-c3ccc(NC(=O)CNc4ccc(C(C)(C)CCC(C)(C)CC)cc4)c4c3C(=O)c3ccccc3C4=O)c3c2C(=O)c2ccccc2C3=O)cc1. The molecule has 0 aromatic heterocycles. The highest BCUT2D eigenvalue weighted by atomic mass is 16.2. The molecular weight excluding hydrogens is 921 g/mol. The maximum Gasteiger partial charge on any atom is 0.243 e. The van der Waals surface area contributed by atoms with Crippen molar-refractivity contribution >= 4 is 57.7 Å². The number of anilines is 4. The number of rotatable bonds is 19. The van der Waals surface area contributed by atoms with Crippen LogP contribution >= 0.6 is 0 Å². The normalized spacial score (nSPS) is 13.4. The lowest BCUT2D eigenvalue weighted by Gasteiger charge is -2.31. The predicted molar refractivity (Wildman–Crippen MR) is 298 cm³/mol. The van der Waals surface area contributed by atoms with E-state index in [0.717, 1.165) is 49.9 Å². The van der Waals surface area contributed by atoms with Crippen LogP contribution in [-0.2, 0) is 20.4 Å². The zero-order valence-corrected chi connectivity index (χ0v) is 44.7. The fourth-order valence-corrected chi connectivity index (χ4v) is 9.88. The van der Waals surface area contributed by atoms with Crippen molar-refractivity contribution in [1.82, 2.24) is 0 Å². The number of ketones is 4. The summed E-state index contributed by atoms with van der Waals surface area (Å²) in [7, 11) is 0. The first-order chi connectivity index (χ1) is 35.0. The van der Waals surface area contributed by atoms with Crippen LogP contribution in [0.1, 0.15) is 183 Å². The highest BCUT2D eigenvalue weighted by molar-refractivity contribution is 6.35. The number of carbonyl (C=O) groups is 6. The van der Waals surface area contributed by atoms with Gasteiger partial charge >= 0.3 is 0 Å². The molecule has 10 nitrogen and oxygen atoms in total. The Hall–Kier alpha value is -7.46. The standard InChI is InChI=1S/C64H70N4O6/c1-11-61(3,4)33-35-63(7,8)39-21-25-41(26-22-39)65-37-51(69)67-49-31-29-43(53-55(49)59(73)47-19-15-13-17-45(47)57(53)71)44-30-32-50(56-54(44)58(72)46-18-14-16-20-48(46)60(56)74)68-52(70)38-66-42-27-23-40(24-28-42)64(9,10)36-34-62(5,6)12-2/h13-32,65-66H,11-12,33-38H2,1-10H3,(H,67,69)(H,68,70). The predicted octanol–water partition coefficient (Wildman–Crippen LogP) is 14.0. The van der Waals surface area contributed by atoms with E-state index in [0.29, 0.717) is 0 Å². The summed E-state index contributed by atoms with van der Waals surface area (Å²) in [6.07, 6.45) is 6.52. The van der Waals surface area contributed by atoms with E-state index in [4.69, 9.17) is 0 Å². The molecule has 4 N–H and O–H groups in total. The summed E-state index contributed by atoms with van der Waals surface area (Å²) in [5.41, 5.74) is 5.70. The van der Waals surface area contributed by atoms with Crippen LogP contribution in [0, 0.1) is 10.8 Å². The van der Waals surface area contributed by atoms with Gasteiger partial charge in [-0.2, -0.15) is 0 Å². The van der Waals surface area contributed by atoms with Gasteiger partial charge in [0.25, 0.3) is 0 Å². The van der Waals surface area contributed by atoms with Gasteiger partial charge in [-0.1, -0.05) is 167 Å². The molecule has 2 aliphatic carbocycles. The van der Waals surface area contributed by atoms with Crippen molar-refractivity contribution in [3.8, 4) is 11.1 Å². The Morgan fingerprint density at radius 3 is 1.00 bits per heavy atom. The van der Waals surface area contributed by atoms with Crippen molar-refractivity contribution in [2.45, 2.75) is 119 Å². The maximum absolute atomic E-state index is 14.8. The van der Waals surface area contributed by atoms with Gasteiger partial charge < -0.3 is 21.3 Å². The molecule has 2 amide bonds. The van der Waals surface area contributed by atoms with Crippen molar-refractivity contribution in [2.24, 2.45) is 10.8 Å². The Kier molecular flexibility index (Phi) is 14.9. The monoisotopic (exact) mass is 991 g/mol. The average Bonchev–Trinajstić information content (AvgIpc) is 3.40. The first-order valence-corrected chi connectivity index (χ1v) is 26.0. The summed E-state index contributed by atoms with van der Waals surface area (Å²) in [6, 6.07) is 35.5. The van der Waals surface area contributed by atoms with E-state index in [1.165, 1.54) is 11.1 Å². The van der Waals surface area contributed by atoms with Gasteiger partial charge in [-0.15, -0.1) is 0 Å². The fraction of sp³-hybridized carbons (Fsp3) is 0.344. The minimum atomic E-state index is -0.482. The molecule has 0 saturated carbocycles. The van der Waals surface area contributed by atoms with Gasteiger partial charge in [0.05, 0.1) is 35.6 Å². The lowest BCUT2D eigenvalue weighted by Crippen LogP contribution is -2.28. The molecule has 0 heterocycles. The molecule has 2 aliphatic rings. The number of hydrogen-bond acceptors (Lipinski definition) is 8. The molecule has 0 aliphatic heterocycles. The van der Waals surface area contributed by atoms with Crippen molar-refractivity contribution in [3.05, 3.63) is 177 Å². The van der Waals surface area contributed by atoms with E-state index < -0.39 is 34.9 Å². The fourth-order valence-electron chi connectivity index (χ4n) is 9.88. The molecule has 0 unspecified atom stereocenters. The Morgan fingerprint density at radius 1 is 0.378 bits per heavy atom. The van der Waals surface area contributed by atoms with Crippen LogP contribution in [-0.4, -0.2) is 48.0 Å². The van der Waals surface area contributed by atoms with Gasteiger partial charge in [0.1, 0.15) is 0 Å². The van der Waals surface area contributed by atoms with E-state index in [2.05, 4.69) is 115 Å². The van der Waals surface area contributed by atoms with Gasteiger partial charge in [0.2, 0.25) is 11.8 Å². The number of nitrogens with one attached hydrogen (secondary N) is 4. The summed E-state index contributed by atoms with van der Waals surface area (Å²) in [4.78, 5) is 86.2. The summed E-state index contributed by atoms with van der Waals surface area (Å²) in [6.45, 7) is 22.4. The summed E-state index contributed by atoms with van der Waals surface area (Å²) in [5, 5.41) is 12.2. The highest BCUT2D eigenvalue weighted by Gasteiger charge is 2.39. The molecule has 382 valence electrons. The molecule has 6 aromatic rings. The average molecular weight is 991 g/mol. The van der Waals surface area contributed by atoms with Crippen molar-refractivity contribution in [3.63, 3.8) is 0 Å². The van der Waals surface area contributed by atoms with Gasteiger partial charge in [0.15, 0.2) is 23.1 Å². The molecule has 0 fully saturated rings. The van der Waals surface area contributed by atoms with Gasteiger partial charge in [-0.25, -0.2) is 0 Å². The molecule has 0 bridgehead atoms. The van der Waals surface area contributed by atoms with Gasteiger partial charge in [0, 0.05) is 44.8 Å². The lowest BCUT2D eigenvalue weighted by atomic mass is 9.74. The van der Waals surface area contributed by atoms with Crippen molar-refractivity contribution < 1.29 is 28.8 Å². The second-order valence-corrected chi connectivity index (χ2v) is 23.0. The first-order valence-electron chi connectivity index (χ1n) is 26.0. The van der Waals surface area contributed by atoms with Crippen molar-refractivity contribution in [1.29, 1.82) is 0 Å². The molecule has 10 heteroatoms. The second-order valence-electron chi connectivity index (χ2n) is 23.0. The van der Waals surface area contributed by atoms with Crippen LogP contribution in [0.3, 0.4) is 0 Å².